The van der Waals surface area contributed by atoms with Gasteiger partial charge in [0.25, 0.3) is 0 Å². The summed E-state index contributed by atoms with van der Waals surface area (Å²) in [6.07, 6.45) is 1.71. The lowest BCUT2D eigenvalue weighted by Crippen LogP contribution is -2.11. The molecule has 3 rings (SSSR count). The largest absolute Gasteiger partial charge is 0.345 e. The third-order valence-corrected chi connectivity index (χ3v) is 2.91. The van der Waals surface area contributed by atoms with Crippen molar-refractivity contribution < 1.29 is 0 Å². The van der Waals surface area contributed by atoms with Crippen molar-refractivity contribution in [2.45, 2.75) is 20.0 Å². The van der Waals surface area contributed by atoms with Gasteiger partial charge in [-0.1, -0.05) is 23.3 Å². The second-order valence-corrected chi connectivity index (χ2v) is 4.14. The molecule has 1 N–H and O–H groups in total. The van der Waals surface area contributed by atoms with Crippen molar-refractivity contribution in [1.29, 1.82) is 0 Å². The molecule has 20 heavy (non-hydrogen) atoms. The first-order valence-electron chi connectivity index (χ1n) is 6.33. The molecule has 2 aromatic heterocycles. The Balaban J connectivity index is 1.78. The van der Waals surface area contributed by atoms with Gasteiger partial charge in [0.2, 0.25) is 5.95 Å². The molecule has 1 aromatic carbocycles. The molecule has 0 amide bonds. The first kappa shape index (κ1) is 12.3. The highest BCUT2D eigenvalue weighted by Gasteiger charge is 2.09. The average molecular weight is 270 g/mol. The molecule has 0 fully saturated rings. The van der Waals surface area contributed by atoms with Crippen molar-refractivity contribution in [2.75, 3.05) is 5.32 Å². The number of hydrogen-bond acceptors (Lipinski definition) is 6. The maximum Gasteiger partial charge on any atom is 0.248 e. The van der Waals surface area contributed by atoms with E-state index in [1.54, 1.807) is 11.0 Å². The van der Waals surface area contributed by atoms with Crippen LogP contribution in [-0.2, 0) is 13.1 Å². The molecule has 8 nitrogen and oxygen atoms in total. The summed E-state index contributed by atoms with van der Waals surface area (Å²) in [4.78, 5) is 0. The zero-order valence-corrected chi connectivity index (χ0v) is 11.0. The van der Waals surface area contributed by atoms with Gasteiger partial charge in [-0.15, -0.1) is 10.2 Å². The van der Waals surface area contributed by atoms with Crippen LogP contribution in [0.2, 0.25) is 0 Å². The van der Waals surface area contributed by atoms with E-state index in [1.165, 1.54) is 0 Å². The number of aromatic nitrogens is 7. The average Bonchev–Trinajstić information content (AvgIpc) is 3.14. The van der Waals surface area contributed by atoms with Crippen LogP contribution in [0.15, 0.2) is 36.7 Å². The van der Waals surface area contributed by atoms with E-state index in [1.807, 2.05) is 41.8 Å². The Labute approximate surface area is 115 Å². The fourth-order valence-electron chi connectivity index (χ4n) is 1.88. The van der Waals surface area contributed by atoms with Gasteiger partial charge in [0.05, 0.1) is 12.2 Å². The predicted molar refractivity (Wildman–Crippen MR) is 72.2 cm³/mol. The number of nitrogens with one attached hydrogen (secondary N) is 1. The lowest BCUT2D eigenvalue weighted by molar-refractivity contribution is 0.704. The minimum atomic E-state index is 0.515. The minimum Gasteiger partial charge on any atom is -0.345 e. The maximum absolute atomic E-state index is 4.06. The van der Waals surface area contributed by atoms with Gasteiger partial charge in [-0.3, -0.25) is 0 Å². The van der Waals surface area contributed by atoms with E-state index >= 15 is 0 Å². The van der Waals surface area contributed by atoms with Crippen LogP contribution in [0, 0.1) is 0 Å². The van der Waals surface area contributed by atoms with Crippen molar-refractivity contribution in [2.24, 2.45) is 0 Å². The number of para-hydroxylation sites is 1. The Morgan fingerprint density at radius 2 is 2.00 bits per heavy atom. The van der Waals surface area contributed by atoms with Gasteiger partial charge in [-0.2, -0.15) is 4.68 Å². The Morgan fingerprint density at radius 3 is 2.80 bits per heavy atom. The molecule has 3 aromatic rings. The summed E-state index contributed by atoms with van der Waals surface area (Å²) in [7, 11) is 0. The van der Waals surface area contributed by atoms with Gasteiger partial charge in [0.1, 0.15) is 6.33 Å². The van der Waals surface area contributed by atoms with Crippen molar-refractivity contribution in [1.82, 2.24) is 35.0 Å². The zero-order chi connectivity index (χ0) is 13.8. The quantitative estimate of drug-likeness (QED) is 0.740. The van der Waals surface area contributed by atoms with E-state index in [4.69, 9.17) is 0 Å². The van der Waals surface area contributed by atoms with Crippen LogP contribution in [0.25, 0.3) is 5.69 Å². The summed E-state index contributed by atoms with van der Waals surface area (Å²) in [6, 6.07) is 9.71. The predicted octanol–water partition coefficient (Wildman–Crippen LogP) is 0.886. The Morgan fingerprint density at radius 1 is 1.15 bits per heavy atom. The van der Waals surface area contributed by atoms with Crippen molar-refractivity contribution >= 4 is 5.95 Å². The summed E-state index contributed by atoms with van der Waals surface area (Å²) in [5.74, 6) is 1.41. The van der Waals surface area contributed by atoms with Crippen LogP contribution in [0.1, 0.15) is 12.7 Å². The molecular formula is C12H14N8. The van der Waals surface area contributed by atoms with Gasteiger partial charge in [-0.05, 0) is 29.5 Å². The van der Waals surface area contributed by atoms with Crippen molar-refractivity contribution in [3.05, 3.63) is 42.5 Å². The van der Waals surface area contributed by atoms with Gasteiger partial charge >= 0.3 is 0 Å². The molecule has 0 aliphatic heterocycles. The summed E-state index contributed by atoms with van der Waals surface area (Å²) < 4.78 is 3.61. The molecule has 0 saturated carbocycles. The van der Waals surface area contributed by atoms with Gasteiger partial charge in [-0.25, -0.2) is 0 Å². The Hall–Kier alpha value is -2.77. The Bertz CT molecular complexity index is 672. The van der Waals surface area contributed by atoms with Crippen molar-refractivity contribution in [3.63, 3.8) is 0 Å². The van der Waals surface area contributed by atoms with E-state index in [9.17, 15) is 0 Å². The van der Waals surface area contributed by atoms with Gasteiger partial charge in [0, 0.05) is 6.54 Å². The van der Waals surface area contributed by atoms with Gasteiger partial charge in [0.15, 0.2) is 5.82 Å². The van der Waals surface area contributed by atoms with Crippen LogP contribution in [0.3, 0.4) is 0 Å². The maximum atomic E-state index is 4.06. The molecule has 0 spiro atoms. The highest BCUT2D eigenvalue weighted by Crippen LogP contribution is 2.11. The number of hydrogen-bond donors (Lipinski definition) is 1. The van der Waals surface area contributed by atoms with Gasteiger partial charge < -0.3 is 9.88 Å². The number of rotatable bonds is 5. The monoisotopic (exact) mass is 270 g/mol. The third-order valence-electron chi connectivity index (χ3n) is 2.91. The van der Waals surface area contributed by atoms with Crippen LogP contribution < -0.4 is 5.32 Å². The van der Waals surface area contributed by atoms with Crippen LogP contribution in [0.4, 0.5) is 5.95 Å². The topological polar surface area (TPSA) is 86.3 Å². The summed E-state index contributed by atoms with van der Waals surface area (Å²) in [5.41, 5.74) is 0.900. The summed E-state index contributed by atoms with van der Waals surface area (Å²) in [6.45, 7) is 3.38. The molecule has 0 aliphatic rings. The van der Waals surface area contributed by atoms with E-state index < -0.39 is 0 Å². The van der Waals surface area contributed by atoms with E-state index in [2.05, 4.69) is 31.0 Å². The molecule has 2 heterocycles. The van der Waals surface area contributed by atoms with Crippen LogP contribution in [-0.4, -0.2) is 35.0 Å². The number of anilines is 1. The minimum absolute atomic E-state index is 0.515. The molecule has 0 radical (unpaired) electrons. The number of tetrazole rings is 1. The fourth-order valence-corrected chi connectivity index (χ4v) is 1.88. The first-order chi connectivity index (χ1) is 9.88. The zero-order valence-electron chi connectivity index (χ0n) is 11.0. The summed E-state index contributed by atoms with van der Waals surface area (Å²) >= 11 is 0. The van der Waals surface area contributed by atoms with E-state index in [-0.39, 0.29) is 0 Å². The lowest BCUT2D eigenvalue weighted by atomic mass is 10.3. The lowest BCUT2D eigenvalue weighted by Gasteiger charge is -2.07. The normalized spacial score (nSPS) is 10.7. The van der Waals surface area contributed by atoms with Crippen LogP contribution >= 0.6 is 0 Å². The van der Waals surface area contributed by atoms with E-state index in [0.717, 1.165) is 18.1 Å². The molecule has 0 unspecified atom stereocenters. The highest BCUT2D eigenvalue weighted by atomic mass is 15.6. The molecule has 8 heteroatoms. The Kier molecular flexibility index (Phi) is 3.36. The molecular weight excluding hydrogens is 256 g/mol. The second kappa shape index (κ2) is 5.47. The SMILES string of the molecule is CCn1cnnc1CNc1nnnn1-c1ccccc1. The molecule has 102 valence electrons. The number of aryl methyl sites for hydroxylation is 1. The van der Waals surface area contributed by atoms with Crippen molar-refractivity contribution in [3.8, 4) is 5.69 Å². The number of benzene rings is 1. The fraction of sp³-hybridized carbons (Fsp3) is 0.250. The molecule has 0 saturated heterocycles. The number of nitrogens with zero attached hydrogens (tertiary/aromatic N) is 7. The summed E-state index contributed by atoms with van der Waals surface area (Å²) in [5, 5.41) is 22.8. The first-order valence-corrected chi connectivity index (χ1v) is 6.33. The standard InChI is InChI=1S/C12H14N8/c1-2-19-9-14-15-11(19)8-13-12-16-17-18-20(12)10-6-4-3-5-7-10/h3-7,9H,2,8H2,1H3,(H,13,16,18). The third kappa shape index (κ3) is 2.35. The molecule has 0 bridgehead atoms. The smallest absolute Gasteiger partial charge is 0.248 e. The van der Waals surface area contributed by atoms with E-state index in [0.29, 0.717) is 12.5 Å². The van der Waals surface area contributed by atoms with Crippen LogP contribution in [0.5, 0.6) is 0 Å². The molecule has 0 atom stereocenters. The second-order valence-electron chi connectivity index (χ2n) is 4.14. The highest BCUT2D eigenvalue weighted by molar-refractivity contribution is 5.38. The molecule has 0 aliphatic carbocycles.